The van der Waals surface area contributed by atoms with Crippen molar-refractivity contribution >= 4 is 0 Å². The highest BCUT2D eigenvalue weighted by Crippen LogP contribution is 2.28. The smallest absolute Gasteiger partial charge is 0.0329 e. The van der Waals surface area contributed by atoms with Crippen LogP contribution in [0.5, 0.6) is 0 Å². The highest BCUT2D eigenvalue weighted by molar-refractivity contribution is 4.95. The molecule has 2 unspecified atom stereocenters. The molecule has 0 saturated carbocycles. The molecule has 3 nitrogen and oxygen atoms in total. The van der Waals surface area contributed by atoms with E-state index < -0.39 is 0 Å². The molecule has 0 spiro atoms. The summed E-state index contributed by atoms with van der Waals surface area (Å²) in [5.74, 6) is 0.602. The van der Waals surface area contributed by atoms with Crippen LogP contribution in [0.4, 0.5) is 0 Å². The minimum absolute atomic E-state index is 0.145. The van der Waals surface area contributed by atoms with Gasteiger partial charge in [-0.3, -0.25) is 4.90 Å². The van der Waals surface area contributed by atoms with Crippen LogP contribution in [0.15, 0.2) is 0 Å². The standard InChI is InChI=1S/C14H31N3/c1-6-13-10-16(5)8-7-9-17(13)14(4,11-15)12(2)3/h12-13H,6-11,15H2,1-5H3. The van der Waals surface area contributed by atoms with Crippen molar-refractivity contribution in [3.8, 4) is 0 Å². The van der Waals surface area contributed by atoms with E-state index in [4.69, 9.17) is 5.73 Å². The second-order valence-electron chi connectivity index (χ2n) is 6.09. The van der Waals surface area contributed by atoms with Crippen LogP contribution in [0.3, 0.4) is 0 Å². The van der Waals surface area contributed by atoms with E-state index in [9.17, 15) is 0 Å². The summed E-state index contributed by atoms with van der Waals surface area (Å²) >= 11 is 0. The highest BCUT2D eigenvalue weighted by Gasteiger charge is 2.38. The molecule has 1 heterocycles. The number of likely N-dealkylation sites (N-methyl/N-ethyl adjacent to an activating group) is 1. The molecular formula is C14H31N3. The molecule has 0 bridgehead atoms. The molecular weight excluding hydrogens is 210 g/mol. The minimum atomic E-state index is 0.145. The molecule has 17 heavy (non-hydrogen) atoms. The second kappa shape index (κ2) is 6.17. The summed E-state index contributed by atoms with van der Waals surface area (Å²) in [6, 6.07) is 0.651. The molecule has 1 fully saturated rings. The van der Waals surface area contributed by atoms with E-state index in [1.54, 1.807) is 0 Å². The first-order valence-corrected chi connectivity index (χ1v) is 7.11. The summed E-state index contributed by atoms with van der Waals surface area (Å²) in [7, 11) is 2.24. The van der Waals surface area contributed by atoms with Gasteiger partial charge in [-0.1, -0.05) is 20.8 Å². The van der Waals surface area contributed by atoms with Gasteiger partial charge in [0.05, 0.1) is 0 Å². The van der Waals surface area contributed by atoms with E-state index >= 15 is 0 Å². The molecule has 0 radical (unpaired) electrons. The summed E-state index contributed by atoms with van der Waals surface area (Å²) in [5, 5.41) is 0. The van der Waals surface area contributed by atoms with Gasteiger partial charge in [0, 0.05) is 31.2 Å². The van der Waals surface area contributed by atoms with Crippen LogP contribution < -0.4 is 5.73 Å². The molecule has 2 N–H and O–H groups in total. The van der Waals surface area contributed by atoms with E-state index in [0.29, 0.717) is 12.0 Å². The molecule has 3 heteroatoms. The average Bonchev–Trinajstić information content (AvgIpc) is 2.49. The van der Waals surface area contributed by atoms with Gasteiger partial charge < -0.3 is 10.6 Å². The van der Waals surface area contributed by atoms with Crippen molar-refractivity contribution in [2.45, 2.75) is 52.1 Å². The lowest BCUT2D eigenvalue weighted by Crippen LogP contribution is -2.59. The molecule has 1 aliphatic rings. The Morgan fingerprint density at radius 3 is 2.47 bits per heavy atom. The molecule has 1 rings (SSSR count). The van der Waals surface area contributed by atoms with Crippen molar-refractivity contribution in [2.75, 3.05) is 33.2 Å². The number of nitrogens with two attached hydrogens (primary N) is 1. The predicted octanol–water partition coefficient (Wildman–Crippen LogP) is 1.78. The Labute approximate surface area is 107 Å². The lowest BCUT2D eigenvalue weighted by molar-refractivity contribution is 0.0262. The zero-order valence-electron chi connectivity index (χ0n) is 12.4. The normalized spacial score (nSPS) is 28.1. The number of rotatable bonds is 4. The first kappa shape index (κ1) is 14.9. The molecule has 0 aromatic rings. The molecule has 1 saturated heterocycles. The Morgan fingerprint density at radius 2 is 2.00 bits per heavy atom. The van der Waals surface area contributed by atoms with Gasteiger partial charge in [0.15, 0.2) is 0 Å². The number of nitrogens with zero attached hydrogens (tertiary/aromatic N) is 2. The van der Waals surface area contributed by atoms with Crippen LogP contribution in [0, 0.1) is 5.92 Å². The molecule has 1 aliphatic heterocycles. The monoisotopic (exact) mass is 241 g/mol. The third kappa shape index (κ3) is 3.21. The van der Waals surface area contributed by atoms with Crippen LogP contribution >= 0.6 is 0 Å². The fourth-order valence-corrected chi connectivity index (χ4v) is 2.95. The van der Waals surface area contributed by atoms with Crippen molar-refractivity contribution < 1.29 is 0 Å². The maximum atomic E-state index is 6.09. The number of hydrogen-bond donors (Lipinski definition) is 1. The van der Waals surface area contributed by atoms with Crippen LogP contribution in [0.25, 0.3) is 0 Å². The van der Waals surface area contributed by atoms with Crippen molar-refractivity contribution in [2.24, 2.45) is 11.7 Å². The van der Waals surface area contributed by atoms with Crippen LogP contribution in [0.1, 0.15) is 40.5 Å². The predicted molar refractivity (Wildman–Crippen MR) is 75.2 cm³/mol. The molecule has 2 atom stereocenters. The summed E-state index contributed by atoms with van der Waals surface area (Å²) in [4.78, 5) is 5.15. The SMILES string of the molecule is CCC1CN(C)CCCN1C(C)(CN)C(C)C. The van der Waals surface area contributed by atoms with Gasteiger partial charge in [0.25, 0.3) is 0 Å². The van der Waals surface area contributed by atoms with Gasteiger partial charge in [-0.25, -0.2) is 0 Å². The number of hydrogen-bond acceptors (Lipinski definition) is 3. The van der Waals surface area contributed by atoms with Gasteiger partial charge in [-0.15, -0.1) is 0 Å². The van der Waals surface area contributed by atoms with Crippen LogP contribution in [-0.2, 0) is 0 Å². The quantitative estimate of drug-likeness (QED) is 0.814. The van der Waals surface area contributed by atoms with Gasteiger partial charge in [-0.2, -0.15) is 0 Å². The molecule has 0 aliphatic carbocycles. The van der Waals surface area contributed by atoms with Crippen molar-refractivity contribution in [3.05, 3.63) is 0 Å². The van der Waals surface area contributed by atoms with Crippen LogP contribution in [-0.4, -0.2) is 54.6 Å². The Morgan fingerprint density at radius 1 is 1.35 bits per heavy atom. The van der Waals surface area contributed by atoms with Crippen molar-refractivity contribution in [1.29, 1.82) is 0 Å². The third-order valence-corrected chi connectivity index (χ3v) is 4.69. The first-order chi connectivity index (χ1) is 7.95. The largest absolute Gasteiger partial charge is 0.329 e. The molecule has 0 amide bonds. The van der Waals surface area contributed by atoms with Gasteiger partial charge in [0.1, 0.15) is 0 Å². The maximum absolute atomic E-state index is 6.09. The van der Waals surface area contributed by atoms with E-state index in [0.717, 1.165) is 6.54 Å². The van der Waals surface area contributed by atoms with Crippen LogP contribution in [0.2, 0.25) is 0 Å². The van der Waals surface area contributed by atoms with E-state index in [1.165, 1.54) is 32.5 Å². The molecule has 0 aromatic carbocycles. The second-order valence-corrected chi connectivity index (χ2v) is 6.09. The minimum Gasteiger partial charge on any atom is -0.329 e. The van der Waals surface area contributed by atoms with Gasteiger partial charge >= 0.3 is 0 Å². The first-order valence-electron chi connectivity index (χ1n) is 7.11. The van der Waals surface area contributed by atoms with E-state index in [1.807, 2.05) is 0 Å². The fraction of sp³-hybridized carbons (Fsp3) is 1.00. The summed E-state index contributed by atoms with van der Waals surface area (Å²) in [5.41, 5.74) is 6.23. The average molecular weight is 241 g/mol. The topological polar surface area (TPSA) is 32.5 Å². The Balaban J connectivity index is 2.90. The third-order valence-electron chi connectivity index (χ3n) is 4.69. The summed E-state index contributed by atoms with van der Waals surface area (Å²) < 4.78 is 0. The summed E-state index contributed by atoms with van der Waals surface area (Å²) in [6.07, 6.45) is 2.47. The summed E-state index contributed by atoms with van der Waals surface area (Å²) in [6.45, 7) is 13.6. The Bertz CT molecular complexity index is 230. The fourth-order valence-electron chi connectivity index (χ4n) is 2.95. The highest BCUT2D eigenvalue weighted by atomic mass is 15.3. The Kier molecular flexibility index (Phi) is 5.42. The molecule has 0 aromatic heterocycles. The van der Waals surface area contributed by atoms with Crippen molar-refractivity contribution in [1.82, 2.24) is 9.80 Å². The Hall–Kier alpha value is -0.120. The van der Waals surface area contributed by atoms with Crippen molar-refractivity contribution in [3.63, 3.8) is 0 Å². The molecule has 102 valence electrons. The maximum Gasteiger partial charge on any atom is 0.0329 e. The lowest BCUT2D eigenvalue weighted by Gasteiger charge is -2.47. The van der Waals surface area contributed by atoms with Gasteiger partial charge in [0.2, 0.25) is 0 Å². The zero-order valence-corrected chi connectivity index (χ0v) is 12.4. The zero-order chi connectivity index (χ0) is 13.1. The van der Waals surface area contributed by atoms with E-state index in [2.05, 4.69) is 44.5 Å². The van der Waals surface area contributed by atoms with E-state index in [-0.39, 0.29) is 5.54 Å². The van der Waals surface area contributed by atoms with Gasteiger partial charge in [-0.05, 0) is 39.3 Å². The lowest BCUT2D eigenvalue weighted by atomic mass is 9.85.